The van der Waals surface area contributed by atoms with E-state index < -0.39 is 5.82 Å². The van der Waals surface area contributed by atoms with E-state index in [1.165, 1.54) is 17.0 Å². The summed E-state index contributed by atoms with van der Waals surface area (Å²) in [5.74, 6) is -0.736. The number of halogens is 2. The van der Waals surface area contributed by atoms with Gasteiger partial charge in [-0.15, -0.1) is 0 Å². The molecule has 0 aromatic heterocycles. The summed E-state index contributed by atoms with van der Waals surface area (Å²) in [6.45, 7) is 0.00224. The highest BCUT2D eigenvalue weighted by Crippen LogP contribution is 2.26. The number of carbonyl (C=O) groups is 1. The van der Waals surface area contributed by atoms with E-state index in [9.17, 15) is 9.18 Å². The first-order valence-electron chi connectivity index (χ1n) is 4.79. The molecular weight excluding hydrogens is 289 g/mol. The Morgan fingerprint density at radius 1 is 1.59 bits per heavy atom. The Kier molecular flexibility index (Phi) is 4.46. The number of amides is 1. The maximum Gasteiger partial charge on any atom is 0.241 e. The molecule has 0 aliphatic rings. The van der Waals surface area contributed by atoms with Crippen molar-refractivity contribution in [1.82, 2.24) is 4.90 Å². The lowest BCUT2D eigenvalue weighted by molar-refractivity contribution is -0.126. The summed E-state index contributed by atoms with van der Waals surface area (Å²) in [7, 11) is 3.24. The first-order chi connectivity index (χ1) is 7.97. The van der Waals surface area contributed by atoms with Gasteiger partial charge in [-0.1, -0.05) is 0 Å². The molecule has 0 saturated heterocycles. The molecule has 0 saturated carbocycles. The molecule has 0 spiro atoms. The number of hydrogen-bond acceptors (Lipinski definition) is 3. The Morgan fingerprint density at radius 2 is 2.24 bits per heavy atom. The standard InChI is InChI=1S/C11H11BrFN3O/c1-16(2)9(17)6-15-8-4-3-7(5-14)10(12)11(8)13/h3-4,15H,6H2,1-2H3. The average molecular weight is 300 g/mol. The third-order valence-corrected chi connectivity index (χ3v) is 2.91. The number of rotatable bonds is 3. The van der Waals surface area contributed by atoms with E-state index in [1.807, 2.05) is 6.07 Å². The second-order valence-electron chi connectivity index (χ2n) is 3.54. The number of carbonyl (C=O) groups excluding carboxylic acids is 1. The number of benzene rings is 1. The lowest BCUT2D eigenvalue weighted by Crippen LogP contribution is -2.28. The van der Waals surface area contributed by atoms with Crippen LogP contribution in [0.25, 0.3) is 0 Å². The Balaban J connectivity index is 2.84. The minimum absolute atomic E-state index is 0.00224. The lowest BCUT2D eigenvalue weighted by atomic mass is 10.2. The maximum absolute atomic E-state index is 13.7. The van der Waals surface area contributed by atoms with Crippen LogP contribution in [0.2, 0.25) is 0 Å². The van der Waals surface area contributed by atoms with Crippen LogP contribution in [-0.2, 0) is 4.79 Å². The van der Waals surface area contributed by atoms with E-state index in [0.29, 0.717) is 0 Å². The summed E-state index contributed by atoms with van der Waals surface area (Å²) in [5, 5.41) is 11.4. The summed E-state index contributed by atoms with van der Waals surface area (Å²) in [4.78, 5) is 12.7. The van der Waals surface area contributed by atoms with Crippen molar-refractivity contribution in [2.75, 3.05) is 26.0 Å². The lowest BCUT2D eigenvalue weighted by Gasteiger charge is -2.12. The molecule has 0 aliphatic heterocycles. The molecule has 1 aromatic carbocycles. The zero-order chi connectivity index (χ0) is 13.0. The molecule has 1 N–H and O–H groups in total. The largest absolute Gasteiger partial charge is 0.374 e. The number of nitrogens with one attached hydrogen (secondary N) is 1. The Labute approximate surface area is 107 Å². The summed E-state index contributed by atoms with van der Waals surface area (Å²) >= 11 is 2.99. The first-order valence-corrected chi connectivity index (χ1v) is 5.58. The van der Waals surface area contributed by atoms with Crippen LogP contribution in [0.5, 0.6) is 0 Å². The van der Waals surface area contributed by atoms with Gasteiger partial charge in [0.25, 0.3) is 0 Å². The molecule has 4 nitrogen and oxygen atoms in total. The zero-order valence-electron chi connectivity index (χ0n) is 9.42. The topological polar surface area (TPSA) is 56.1 Å². The van der Waals surface area contributed by atoms with Crippen molar-refractivity contribution in [1.29, 1.82) is 5.26 Å². The van der Waals surface area contributed by atoms with Gasteiger partial charge in [0.15, 0.2) is 5.82 Å². The monoisotopic (exact) mass is 299 g/mol. The Hall–Kier alpha value is -1.61. The van der Waals surface area contributed by atoms with Crippen LogP contribution in [0.4, 0.5) is 10.1 Å². The number of nitrogens with zero attached hydrogens (tertiary/aromatic N) is 2. The summed E-state index contributed by atoms with van der Waals surface area (Å²) < 4.78 is 13.8. The predicted octanol–water partition coefficient (Wildman–Crippen LogP) is 1.96. The molecule has 90 valence electrons. The minimum Gasteiger partial charge on any atom is -0.374 e. The SMILES string of the molecule is CN(C)C(=O)CNc1ccc(C#N)c(Br)c1F. The first kappa shape index (κ1) is 13.5. The predicted molar refractivity (Wildman–Crippen MR) is 66.0 cm³/mol. The molecule has 0 heterocycles. The van der Waals surface area contributed by atoms with Crippen molar-refractivity contribution in [3.05, 3.63) is 28.0 Å². The smallest absolute Gasteiger partial charge is 0.241 e. The molecular formula is C11H11BrFN3O. The molecule has 1 amide bonds. The normalized spacial score (nSPS) is 9.59. The van der Waals surface area contributed by atoms with Gasteiger partial charge in [-0.3, -0.25) is 4.79 Å². The quantitative estimate of drug-likeness (QED) is 0.928. The van der Waals surface area contributed by atoms with E-state index >= 15 is 0 Å². The van der Waals surface area contributed by atoms with Crippen LogP contribution in [0.15, 0.2) is 16.6 Å². The van der Waals surface area contributed by atoms with Crippen LogP contribution in [0.3, 0.4) is 0 Å². The molecule has 0 radical (unpaired) electrons. The van der Waals surface area contributed by atoms with Crippen molar-refractivity contribution in [3.8, 4) is 6.07 Å². The molecule has 0 unspecified atom stereocenters. The van der Waals surface area contributed by atoms with Crippen LogP contribution in [-0.4, -0.2) is 31.4 Å². The molecule has 6 heteroatoms. The van der Waals surface area contributed by atoms with Crippen molar-refractivity contribution >= 4 is 27.5 Å². The van der Waals surface area contributed by atoms with E-state index in [0.717, 1.165) is 0 Å². The van der Waals surface area contributed by atoms with Gasteiger partial charge < -0.3 is 10.2 Å². The van der Waals surface area contributed by atoms with Crippen molar-refractivity contribution in [3.63, 3.8) is 0 Å². The fourth-order valence-electron chi connectivity index (χ4n) is 1.10. The van der Waals surface area contributed by atoms with Crippen LogP contribution in [0, 0.1) is 17.1 Å². The van der Waals surface area contributed by atoms with Crippen molar-refractivity contribution in [2.24, 2.45) is 0 Å². The highest BCUT2D eigenvalue weighted by Gasteiger charge is 2.12. The molecule has 1 rings (SSSR count). The van der Waals surface area contributed by atoms with E-state index in [1.54, 1.807) is 14.1 Å². The molecule has 0 aliphatic carbocycles. The second kappa shape index (κ2) is 5.64. The van der Waals surface area contributed by atoms with Gasteiger partial charge in [0.1, 0.15) is 6.07 Å². The van der Waals surface area contributed by atoms with Gasteiger partial charge in [-0.2, -0.15) is 5.26 Å². The molecule has 17 heavy (non-hydrogen) atoms. The van der Waals surface area contributed by atoms with Crippen LogP contribution in [0.1, 0.15) is 5.56 Å². The fraction of sp³-hybridized carbons (Fsp3) is 0.273. The zero-order valence-corrected chi connectivity index (χ0v) is 11.0. The van der Waals surface area contributed by atoms with Gasteiger partial charge in [0.05, 0.1) is 22.3 Å². The maximum atomic E-state index is 13.7. The average Bonchev–Trinajstić information content (AvgIpc) is 2.30. The Bertz CT molecular complexity index is 482. The minimum atomic E-state index is -0.574. The van der Waals surface area contributed by atoms with E-state index in [4.69, 9.17) is 5.26 Å². The van der Waals surface area contributed by atoms with E-state index in [2.05, 4.69) is 21.2 Å². The fourth-order valence-corrected chi connectivity index (χ4v) is 1.54. The molecule has 0 bridgehead atoms. The van der Waals surface area contributed by atoms with E-state index in [-0.39, 0.29) is 28.2 Å². The van der Waals surface area contributed by atoms with Crippen molar-refractivity contribution in [2.45, 2.75) is 0 Å². The van der Waals surface area contributed by atoms with Gasteiger partial charge in [0, 0.05) is 14.1 Å². The number of hydrogen-bond donors (Lipinski definition) is 1. The third-order valence-electron chi connectivity index (χ3n) is 2.13. The molecule has 0 fully saturated rings. The van der Waals surface area contributed by atoms with Crippen LogP contribution < -0.4 is 5.32 Å². The molecule has 0 atom stereocenters. The highest BCUT2D eigenvalue weighted by molar-refractivity contribution is 9.10. The Morgan fingerprint density at radius 3 is 2.76 bits per heavy atom. The van der Waals surface area contributed by atoms with Gasteiger partial charge >= 0.3 is 0 Å². The number of nitriles is 1. The summed E-state index contributed by atoms with van der Waals surface area (Å²) in [6, 6.07) is 4.77. The number of likely N-dealkylation sites (N-methyl/N-ethyl adjacent to an activating group) is 1. The summed E-state index contributed by atoms with van der Waals surface area (Å²) in [5.41, 5.74) is 0.401. The van der Waals surface area contributed by atoms with Crippen molar-refractivity contribution < 1.29 is 9.18 Å². The van der Waals surface area contributed by atoms with Gasteiger partial charge in [0.2, 0.25) is 5.91 Å². The summed E-state index contributed by atoms with van der Waals surface area (Å²) in [6.07, 6.45) is 0. The highest BCUT2D eigenvalue weighted by atomic mass is 79.9. The third kappa shape index (κ3) is 3.17. The van der Waals surface area contributed by atoms with Gasteiger partial charge in [-0.05, 0) is 28.1 Å². The second-order valence-corrected chi connectivity index (χ2v) is 4.34. The van der Waals surface area contributed by atoms with Crippen LogP contribution >= 0.6 is 15.9 Å². The number of anilines is 1. The van der Waals surface area contributed by atoms with Gasteiger partial charge in [-0.25, -0.2) is 4.39 Å². The molecule has 1 aromatic rings.